The molecule has 0 spiro atoms. The van der Waals surface area contributed by atoms with Gasteiger partial charge in [0, 0.05) is 6.54 Å². The number of piperidine rings is 1. The summed E-state index contributed by atoms with van der Waals surface area (Å²) < 4.78 is 7.10. The second-order valence-corrected chi connectivity index (χ2v) is 15.5. The van der Waals surface area contributed by atoms with Crippen LogP contribution in [0.5, 0.6) is 0 Å². The van der Waals surface area contributed by atoms with Gasteiger partial charge in [0.15, 0.2) is 0 Å². The van der Waals surface area contributed by atoms with Gasteiger partial charge in [0.05, 0.1) is 18.8 Å². The van der Waals surface area contributed by atoms with E-state index < -0.39 is 32.7 Å². The van der Waals surface area contributed by atoms with Crippen LogP contribution in [0.2, 0.25) is 5.04 Å². The zero-order chi connectivity index (χ0) is 26.5. The summed E-state index contributed by atoms with van der Waals surface area (Å²) in [4.78, 5) is 2.10. The highest BCUT2D eigenvalue weighted by atomic mass is 28.4. The Bertz CT molecular complexity index is 1050. The predicted octanol–water partition coefficient (Wildman–Crippen LogP) is 2.96. The lowest BCUT2D eigenvalue weighted by atomic mass is 9.94. The third kappa shape index (κ3) is 6.06. The van der Waals surface area contributed by atoms with Crippen LogP contribution in [0.15, 0.2) is 91.0 Å². The maximum Gasteiger partial charge on any atom is 0.261 e. The summed E-state index contributed by atoms with van der Waals surface area (Å²) >= 11 is 0. The molecule has 1 aliphatic rings. The van der Waals surface area contributed by atoms with Crippen molar-refractivity contribution in [1.29, 1.82) is 0 Å². The lowest BCUT2D eigenvalue weighted by molar-refractivity contribution is -0.143. The van der Waals surface area contributed by atoms with Crippen molar-refractivity contribution in [3.05, 3.63) is 96.6 Å². The zero-order valence-electron chi connectivity index (χ0n) is 22.2. The molecule has 0 radical (unpaired) electrons. The molecule has 1 saturated heterocycles. The van der Waals surface area contributed by atoms with E-state index in [4.69, 9.17) is 4.43 Å². The maximum absolute atomic E-state index is 11.1. The van der Waals surface area contributed by atoms with Gasteiger partial charge in [-0.3, -0.25) is 4.90 Å². The van der Waals surface area contributed by atoms with E-state index in [0.717, 1.165) is 12.8 Å². The average Bonchev–Trinajstić information content (AvgIpc) is 2.90. The summed E-state index contributed by atoms with van der Waals surface area (Å²) in [6, 6.07) is 30.8. The molecule has 0 aliphatic carbocycles. The van der Waals surface area contributed by atoms with Gasteiger partial charge in [-0.2, -0.15) is 0 Å². The Hall–Kier alpha value is -2.32. The van der Waals surface area contributed by atoms with Crippen molar-refractivity contribution in [1.82, 2.24) is 4.90 Å². The Kier molecular flexibility index (Phi) is 9.01. The number of nitrogens with zero attached hydrogens (tertiary/aromatic N) is 1. The summed E-state index contributed by atoms with van der Waals surface area (Å²) in [6.45, 7) is 7.96. The minimum atomic E-state index is -2.80. The molecule has 1 heterocycles. The number of rotatable bonds is 9. The van der Waals surface area contributed by atoms with Crippen molar-refractivity contribution in [2.24, 2.45) is 0 Å². The van der Waals surface area contributed by atoms with E-state index >= 15 is 0 Å². The lowest BCUT2D eigenvalue weighted by Crippen LogP contribution is -2.69. The van der Waals surface area contributed by atoms with Crippen molar-refractivity contribution < 1.29 is 19.7 Å². The van der Waals surface area contributed by atoms with Gasteiger partial charge in [-0.25, -0.2) is 0 Å². The van der Waals surface area contributed by atoms with E-state index in [0.29, 0.717) is 13.1 Å². The minimum absolute atomic E-state index is 0.189. The van der Waals surface area contributed by atoms with E-state index in [1.54, 1.807) is 0 Å². The minimum Gasteiger partial charge on any atom is -0.406 e. The topological polar surface area (TPSA) is 73.2 Å². The normalized spacial score (nSPS) is 23.2. The van der Waals surface area contributed by atoms with Crippen LogP contribution in [0.4, 0.5) is 0 Å². The monoisotopic (exact) mass is 519 g/mol. The fourth-order valence-corrected chi connectivity index (χ4v) is 10.3. The van der Waals surface area contributed by atoms with Crippen LogP contribution >= 0.6 is 0 Å². The largest absolute Gasteiger partial charge is 0.406 e. The molecule has 3 aromatic rings. The van der Waals surface area contributed by atoms with Crippen molar-refractivity contribution in [3.63, 3.8) is 0 Å². The molecular weight excluding hydrogens is 478 g/mol. The molecule has 6 heteroatoms. The molecule has 0 aromatic heterocycles. The molecule has 37 heavy (non-hydrogen) atoms. The van der Waals surface area contributed by atoms with Gasteiger partial charge in [-0.05, 0) is 40.4 Å². The molecule has 5 nitrogen and oxygen atoms in total. The van der Waals surface area contributed by atoms with Gasteiger partial charge >= 0.3 is 0 Å². The first-order valence-corrected chi connectivity index (χ1v) is 15.2. The third-order valence-corrected chi connectivity index (χ3v) is 12.7. The highest BCUT2D eigenvalue weighted by molar-refractivity contribution is 6.99. The second-order valence-electron chi connectivity index (χ2n) is 11.2. The molecule has 0 amide bonds. The molecule has 1 fully saturated rings. The van der Waals surface area contributed by atoms with E-state index in [-0.39, 0.29) is 11.6 Å². The highest BCUT2D eigenvalue weighted by Crippen LogP contribution is 2.37. The van der Waals surface area contributed by atoms with Crippen LogP contribution in [0, 0.1) is 0 Å². The Labute approximate surface area is 222 Å². The summed E-state index contributed by atoms with van der Waals surface area (Å²) in [5, 5.41) is 34.4. The first kappa shape index (κ1) is 27.7. The lowest BCUT2D eigenvalue weighted by Gasteiger charge is -2.48. The average molecular weight is 520 g/mol. The Morgan fingerprint density at radius 2 is 1.30 bits per heavy atom. The number of benzene rings is 3. The summed E-state index contributed by atoms with van der Waals surface area (Å²) in [5.74, 6) is 0. The number of aryl methyl sites for hydroxylation is 1. The maximum atomic E-state index is 11.1. The molecule has 0 saturated carbocycles. The standard InChI is InChI=1S/C31H41NO4Si/c1-31(2,3)37(25-17-9-5-10-18-25,26-19-11-6-12-20-26)36-23-27-29(34)30(35)28(33)22-32(27)21-13-16-24-14-7-4-8-15-24/h4-12,14-15,17-20,27-30,33-35H,13,16,21-23H2,1-3H3/t27-,28+,29-,30-/m1/s1. The SMILES string of the molecule is CC(C)(C)[Si](OC[C@@H]1[C@@H](O)[C@H](O)[C@@H](O)CN1CCCc1ccccc1)(c1ccccc1)c1ccccc1. The van der Waals surface area contributed by atoms with Crippen molar-refractivity contribution >= 4 is 18.7 Å². The molecule has 198 valence electrons. The van der Waals surface area contributed by atoms with Crippen molar-refractivity contribution in [3.8, 4) is 0 Å². The molecule has 4 atom stereocenters. The Morgan fingerprint density at radius 3 is 1.81 bits per heavy atom. The second kappa shape index (κ2) is 12.0. The number of hydrogen-bond donors (Lipinski definition) is 3. The van der Waals surface area contributed by atoms with Gasteiger partial charge in [0.1, 0.15) is 12.2 Å². The molecule has 0 unspecified atom stereocenters. The number of aliphatic hydroxyl groups excluding tert-OH is 3. The molecule has 4 rings (SSSR count). The molecule has 0 bridgehead atoms. The number of aliphatic hydroxyl groups is 3. The van der Waals surface area contributed by atoms with Crippen LogP contribution in [0.25, 0.3) is 0 Å². The van der Waals surface area contributed by atoms with Crippen molar-refractivity contribution in [2.75, 3.05) is 19.7 Å². The predicted molar refractivity (Wildman–Crippen MR) is 152 cm³/mol. The Balaban J connectivity index is 1.62. The van der Waals surface area contributed by atoms with E-state index in [1.165, 1.54) is 15.9 Å². The molecule has 1 aliphatic heterocycles. The van der Waals surface area contributed by atoms with Crippen molar-refractivity contribution in [2.45, 2.75) is 63.0 Å². The van der Waals surface area contributed by atoms with Crippen LogP contribution in [0.3, 0.4) is 0 Å². The van der Waals surface area contributed by atoms with Crippen LogP contribution in [-0.4, -0.2) is 72.6 Å². The van der Waals surface area contributed by atoms with Gasteiger partial charge in [0.2, 0.25) is 0 Å². The van der Waals surface area contributed by atoms with Crippen LogP contribution < -0.4 is 10.4 Å². The van der Waals surface area contributed by atoms with Gasteiger partial charge in [0.25, 0.3) is 8.32 Å². The highest BCUT2D eigenvalue weighted by Gasteiger charge is 2.51. The quantitative estimate of drug-likeness (QED) is 0.379. The van der Waals surface area contributed by atoms with E-state index in [9.17, 15) is 15.3 Å². The Morgan fingerprint density at radius 1 is 0.784 bits per heavy atom. The fourth-order valence-electron chi connectivity index (χ4n) is 5.72. The number of β-amino-alcohol motifs (C(OH)–C–C–N with tert-alkyl or cyclic N) is 1. The zero-order valence-corrected chi connectivity index (χ0v) is 23.2. The van der Waals surface area contributed by atoms with Gasteiger partial charge in [-0.15, -0.1) is 0 Å². The van der Waals surface area contributed by atoms with Crippen LogP contribution in [-0.2, 0) is 10.8 Å². The van der Waals surface area contributed by atoms with E-state index in [1.807, 2.05) is 30.3 Å². The summed E-state index contributed by atoms with van der Waals surface area (Å²) in [6.07, 6.45) is -1.49. The van der Waals surface area contributed by atoms with Gasteiger partial charge in [-0.1, -0.05) is 112 Å². The van der Waals surface area contributed by atoms with Crippen LogP contribution in [0.1, 0.15) is 32.8 Å². The molecule has 3 aromatic carbocycles. The summed E-state index contributed by atoms with van der Waals surface area (Å²) in [5.41, 5.74) is 1.26. The molecular formula is C31H41NO4Si. The van der Waals surface area contributed by atoms with E-state index in [2.05, 4.69) is 86.3 Å². The molecule has 3 N–H and O–H groups in total. The summed E-state index contributed by atoms with van der Waals surface area (Å²) in [7, 11) is -2.80. The number of likely N-dealkylation sites (tertiary alicyclic amines) is 1. The third-order valence-electron chi connectivity index (χ3n) is 7.67. The smallest absolute Gasteiger partial charge is 0.261 e. The first-order chi connectivity index (χ1) is 17.7. The number of hydrogen-bond acceptors (Lipinski definition) is 5. The first-order valence-electron chi connectivity index (χ1n) is 13.3. The van der Waals surface area contributed by atoms with Gasteiger partial charge < -0.3 is 19.7 Å². The fraction of sp³-hybridized carbons (Fsp3) is 0.419.